The molecule has 2 aliphatic rings. The van der Waals surface area contributed by atoms with Crippen LogP contribution >= 0.6 is 0 Å². The van der Waals surface area contributed by atoms with Crippen LogP contribution in [0.3, 0.4) is 0 Å². The second-order valence-electron chi connectivity index (χ2n) is 8.57. The summed E-state index contributed by atoms with van der Waals surface area (Å²) in [7, 11) is 0. The molecule has 0 N–H and O–H groups in total. The lowest BCUT2D eigenvalue weighted by Gasteiger charge is -2.34. The van der Waals surface area contributed by atoms with Gasteiger partial charge in [0.1, 0.15) is 6.33 Å². The minimum atomic E-state index is 0.0405. The molecule has 2 aromatic heterocycles. The van der Waals surface area contributed by atoms with Crippen LogP contribution in [0.15, 0.2) is 67.0 Å². The summed E-state index contributed by atoms with van der Waals surface area (Å²) in [5, 5.41) is 8.69. The van der Waals surface area contributed by atoms with Crippen LogP contribution < -0.4 is 4.90 Å². The average Bonchev–Trinajstić information content (AvgIpc) is 3.25. The maximum atomic E-state index is 13.6. The topological polar surface area (TPSA) is 66.6 Å². The number of rotatable bonds is 2. The van der Waals surface area contributed by atoms with Crippen LogP contribution in [-0.4, -0.2) is 43.7 Å². The summed E-state index contributed by atoms with van der Waals surface area (Å²) < 4.78 is 1.55. The normalized spacial score (nSPS) is 16.5. The molecule has 0 atom stereocenters. The second kappa shape index (κ2) is 7.75. The zero-order valence-corrected chi connectivity index (χ0v) is 17.8. The van der Waals surface area contributed by atoms with Gasteiger partial charge in [0, 0.05) is 32.1 Å². The fourth-order valence-corrected chi connectivity index (χ4v) is 4.96. The summed E-state index contributed by atoms with van der Waals surface area (Å²) >= 11 is 0. The van der Waals surface area contributed by atoms with Crippen LogP contribution in [0.2, 0.25) is 0 Å². The van der Waals surface area contributed by atoms with Gasteiger partial charge in [0.25, 0.3) is 0 Å². The Kier molecular flexibility index (Phi) is 4.60. The quantitative estimate of drug-likeness (QED) is 0.492. The Morgan fingerprint density at radius 3 is 2.19 bits per heavy atom. The van der Waals surface area contributed by atoms with E-state index < -0.39 is 0 Å². The second-order valence-corrected chi connectivity index (χ2v) is 8.57. The Morgan fingerprint density at radius 2 is 1.50 bits per heavy atom. The molecule has 0 saturated carbocycles. The standard InChI is InChI=1S/C25H24N6O/c32-25(18-11-13-29(14-12-18)24-10-9-23-26-17-27-31(23)28-24)30-15-19-5-1-3-7-21(19)22-8-4-2-6-20(22)16-30/h1-10,17-18H,11-16H2. The molecule has 2 aliphatic heterocycles. The van der Waals surface area contributed by atoms with E-state index in [1.807, 2.05) is 17.0 Å². The summed E-state index contributed by atoms with van der Waals surface area (Å²) in [5.74, 6) is 1.18. The Labute approximate surface area is 186 Å². The first kappa shape index (κ1) is 19.0. The van der Waals surface area contributed by atoms with Crippen molar-refractivity contribution < 1.29 is 4.79 Å². The van der Waals surface area contributed by atoms with Crippen molar-refractivity contribution in [3.8, 4) is 11.1 Å². The van der Waals surface area contributed by atoms with E-state index in [1.54, 1.807) is 4.63 Å². The van der Waals surface area contributed by atoms with E-state index in [0.717, 1.165) is 37.4 Å². The molecule has 32 heavy (non-hydrogen) atoms. The van der Waals surface area contributed by atoms with Gasteiger partial charge in [-0.1, -0.05) is 48.5 Å². The number of hydrogen-bond acceptors (Lipinski definition) is 5. The molecule has 0 aliphatic carbocycles. The van der Waals surface area contributed by atoms with Crippen molar-refractivity contribution in [1.82, 2.24) is 24.7 Å². The van der Waals surface area contributed by atoms with Gasteiger partial charge in [-0.25, -0.2) is 4.98 Å². The van der Waals surface area contributed by atoms with Gasteiger partial charge < -0.3 is 9.80 Å². The van der Waals surface area contributed by atoms with Gasteiger partial charge in [0.05, 0.1) is 0 Å². The van der Waals surface area contributed by atoms with Crippen LogP contribution in [0.4, 0.5) is 5.82 Å². The monoisotopic (exact) mass is 424 g/mol. The fraction of sp³-hybridized carbons (Fsp3) is 0.280. The molecule has 0 radical (unpaired) electrons. The highest BCUT2D eigenvalue weighted by molar-refractivity contribution is 5.81. The van der Waals surface area contributed by atoms with E-state index in [-0.39, 0.29) is 11.8 Å². The van der Waals surface area contributed by atoms with Crippen LogP contribution in [0.25, 0.3) is 16.8 Å². The molecule has 1 fully saturated rings. The Morgan fingerprint density at radius 1 is 0.844 bits per heavy atom. The van der Waals surface area contributed by atoms with E-state index in [4.69, 9.17) is 0 Å². The van der Waals surface area contributed by atoms with Crippen molar-refractivity contribution in [2.45, 2.75) is 25.9 Å². The summed E-state index contributed by atoms with van der Waals surface area (Å²) in [6, 6.07) is 20.8. The highest BCUT2D eigenvalue weighted by Crippen LogP contribution is 2.34. The van der Waals surface area contributed by atoms with Crippen molar-refractivity contribution in [1.29, 1.82) is 0 Å². The van der Waals surface area contributed by atoms with Crippen LogP contribution in [0, 0.1) is 5.92 Å². The summed E-state index contributed by atoms with van der Waals surface area (Å²) in [5.41, 5.74) is 5.65. The zero-order chi connectivity index (χ0) is 21.5. The Hall–Kier alpha value is -3.74. The van der Waals surface area contributed by atoms with Crippen molar-refractivity contribution in [3.63, 3.8) is 0 Å². The molecule has 4 heterocycles. The fourth-order valence-electron chi connectivity index (χ4n) is 4.96. The van der Waals surface area contributed by atoms with Crippen LogP contribution in [-0.2, 0) is 17.9 Å². The Bertz CT molecular complexity index is 1240. The average molecular weight is 425 g/mol. The van der Waals surface area contributed by atoms with Gasteiger partial charge in [-0.3, -0.25) is 4.79 Å². The smallest absolute Gasteiger partial charge is 0.226 e. The third-order valence-corrected chi connectivity index (χ3v) is 6.66. The summed E-state index contributed by atoms with van der Waals surface area (Å²) in [6.45, 7) is 2.94. The van der Waals surface area contributed by atoms with Gasteiger partial charge in [-0.2, -0.15) is 0 Å². The number of nitrogens with zero attached hydrogens (tertiary/aromatic N) is 6. The minimum absolute atomic E-state index is 0.0405. The van der Waals surface area contributed by atoms with Gasteiger partial charge in [-0.05, 0) is 47.2 Å². The Balaban J connectivity index is 1.20. The molecule has 2 aromatic carbocycles. The van der Waals surface area contributed by atoms with E-state index in [9.17, 15) is 4.79 Å². The molecule has 160 valence electrons. The maximum absolute atomic E-state index is 13.6. The van der Waals surface area contributed by atoms with Gasteiger partial charge in [0.2, 0.25) is 5.91 Å². The molecular formula is C25H24N6O. The number of anilines is 1. The van der Waals surface area contributed by atoms with Crippen LogP contribution in [0.5, 0.6) is 0 Å². The first-order valence-corrected chi connectivity index (χ1v) is 11.1. The van der Waals surface area contributed by atoms with Gasteiger partial charge in [0.15, 0.2) is 11.5 Å². The molecule has 1 amide bonds. The lowest BCUT2D eigenvalue weighted by molar-refractivity contribution is -0.137. The minimum Gasteiger partial charge on any atom is -0.355 e. The SMILES string of the molecule is O=C(C1CCN(c2ccc3ncnn3n2)CC1)N1Cc2ccccc2-c2ccccc2C1. The molecule has 7 heteroatoms. The van der Waals surface area contributed by atoms with Gasteiger partial charge >= 0.3 is 0 Å². The molecule has 1 saturated heterocycles. The first-order chi connectivity index (χ1) is 15.8. The van der Waals surface area contributed by atoms with Crippen molar-refractivity contribution in [2.24, 2.45) is 5.92 Å². The number of aromatic nitrogens is 4. The predicted octanol–water partition coefficient (Wildman–Crippen LogP) is 3.55. The third kappa shape index (κ3) is 3.30. The number of piperidine rings is 1. The molecule has 4 aromatic rings. The number of carbonyl (C=O) groups excluding carboxylic acids is 1. The molecule has 6 rings (SSSR count). The van der Waals surface area contributed by atoms with Crippen molar-refractivity contribution in [3.05, 3.63) is 78.1 Å². The molecule has 0 bridgehead atoms. The van der Waals surface area contributed by atoms with E-state index >= 15 is 0 Å². The summed E-state index contributed by atoms with van der Waals surface area (Å²) in [6.07, 6.45) is 3.17. The van der Waals surface area contributed by atoms with Crippen LogP contribution in [0.1, 0.15) is 24.0 Å². The summed E-state index contributed by atoms with van der Waals surface area (Å²) in [4.78, 5) is 22.0. The number of fused-ring (bicyclic) bond motifs is 4. The lowest BCUT2D eigenvalue weighted by atomic mass is 9.95. The number of carbonyl (C=O) groups is 1. The molecule has 0 spiro atoms. The lowest BCUT2D eigenvalue weighted by Crippen LogP contribution is -2.42. The largest absolute Gasteiger partial charge is 0.355 e. The highest BCUT2D eigenvalue weighted by atomic mass is 16.2. The third-order valence-electron chi connectivity index (χ3n) is 6.66. The molecular weight excluding hydrogens is 400 g/mol. The van der Waals surface area contributed by atoms with E-state index in [2.05, 4.69) is 68.6 Å². The van der Waals surface area contributed by atoms with E-state index in [1.165, 1.54) is 28.6 Å². The van der Waals surface area contributed by atoms with Crippen molar-refractivity contribution >= 4 is 17.4 Å². The number of amides is 1. The molecule has 0 unspecified atom stereocenters. The van der Waals surface area contributed by atoms with Gasteiger partial charge in [-0.15, -0.1) is 14.8 Å². The maximum Gasteiger partial charge on any atom is 0.226 e. The van der Waals surface area contributed by atoms with E-state index in [0.29, 0.717) is 13.1 Å². The van der Waals surface area contributed by atoms with Crippen molar-refractivity contribution in [2.75, 3.05) is 18.0 Å². The predicted molar refractivity (Wildman–Crippen MR) is 122 cm³/mol. The number of benzene rings is 2. The molecule has 7 nitrogen and oxygen atoms in total. The zero-order valence-electron chi connectivity index (χ0n) is 17.8. The first-order valence-electron chi connectivity index (χ1n) is 11.1. The number of hydrogen-bond donors (Lipinski definition) is 0. The highest BCUT2D eigenvalue weighted by Gasteiger charge is 2.31.